The molecule has 0 heterocycles. The fraction of sp³-hybridized carbons (Fsp3) is 0.364. The lowest BCUT2D eigenvalue weighted by molar-refractivity contribution is 0.666. The molecule has 0 radical (unpaired) electrons. The van der Waals surface area contributed by atoms with Crippen LogP contribution in [0, 0.1) is 11.3 Å². The fourth-order valence-corrected chi connectivity index (χ4v) is 1.19. The zero-order valence-corrected chi connectivity index (χ0v) is 7.83. The van der Waals surface area contributed by atoms with Gasteiger partial charge in [-0.1, -0.05) is 12.1 Å². The third kappa shape index (κ3) is 3.27. The minimum atomic E-state index is 0.228. The van der Waals surface area contributed by atoms with Gasteiger partial charge in [-0.05, 0) is 37.5 Å². The molecule has 0 saturated heterocycles. The Labute approximate surface area is 79.0 Å². The number of rotatable bonds is 3. The summed E-state index contributed by atoms with van der Waals surface area (Å²) in [6.45, 7) is 1.99. The standard InChI is InChI=1S/C11H14N2/c1-9(13)5-6-10-3-2-4-11(7-10)8-12/h2-4,7,9H,5-6,13H2,1H3. The topological polar surface area (TPSA) is 49.8 Å². The highest BCUT2D eigenvalue weighted by molar-refractivity contribution is 5.32. The van der Waals surface area contributed by atoms with Crippen molar-refractivity contribution in [2.45, 2.75) is 25.8 Å². The summed E-state index contributed by atoms with van der Waals surface area (Å²) in [5.41, 5.74) is 7.56. The molecule has 2 heteroatoms. The van der Waals surface area contributed by atoms with Crippen molar-refractivity contribution >= 4 is 0 Å². The van der Waals surface area contributed by atoms with Crippen molar-refractivity contribution in [1.29, 1.82) is 5.26 Å². The first-order chi connectivity index (χ1) is 6.22. The van der Waals surface area contributed by atoms with Crippen LogP contribution in [-0.2, 0) is 6.42 Å². The second kappa shape index (κ2) is 4.64. The van der Waals surface area contributed by atoms with Gasteiger partial charge in [0.25, 0.3) is 0 Å². The van der Waals surface area contributed by atoms with Gasteiger partial charge < -0.3 is 5.73 Å². The van der Waals surface area contributed by atoms with E-state index in [-0.39, 0.29) is 6.04 Å². The van der Waals surface area contributed by atoms with E-state index in [1.165, 1.54) is 5.56 Å². The maximum Gasteiger partial charge on any atom is 0.0991 e. The fourth-order valence-electron chi connectivity index (χ4n) is 1.19. The summed E-state index contributed by atoms with van der Waals surface area (Å²) in [6.07, 6.45) is 1.92. The van der Waals surface area contributed by atoms with Crippen LogP contribution in [-0.4, -0.2) is 6.04 Å². The molecule has 0 aliphatic rings. The smallest absolute Gasteiger partial charge is 0.0991 e. The quantitative estimate of drug-likeness (QED) is 0.760. The van der Waals surface area contributed by atoms with Crippen LogP contribution in [0.5, 0.6) is 0 Å². The van der Waals surface area contributed by atoms with Crippen molar-refractivity contribution in [3.05, 3.63) is 35.4 Å². The van der Waals surface area contributed by atoms with Crippen molar-refractivity contribution in [3.8, 4) is 6.07 Å². The summed E-state index contributed by atoms with van der Waals surface area (Å²) in [5.74, 6) is 0. The summed E-state index contributed by atoms with van der Waals surface area (Å²) in [4.78, 5) is 0. The Balaban J connectivity index is 2.63. The first kappa shape index (κ1) is 9.76. The van der Waals surface area contributed by atoms with Gasteiger partial charge in [-0.2, -0.15) is 5.26 Å². The third-order valence-corrected chi connectivity index (χ3v) is 1.94. The number of benzene rings is 1. The van der Waals surface area contributed by atoms with E-state index in [0.717, 1.165) is 18.4 Å². The third-order valence-electron chi connectivity index (χ3n) is 1.94. The molecule has 0 saturated carbocycles. The number of hydrogen-bond donors (Lipinski definition) is 1. The van der Waals surface area contributed by atoms with Crippen molar-refractivity contribution < 1.29 is 0 Å². The van der Waals surface area contributed by atoms with E-state index in [2.05, 4.69) is 6.07 Å². The minimum absolute atomic E-state index is 0.228. The van der Waals surface area contributed by atoms with Crippen LogP contribution in [0.25, 0.3) is 0 Å². The maximum absolute atomic E-state index is 8.66. The van der Waals surface area contributed by atoms with E-state index >= 15 is 0 Å². The normalized spacial score (nSPS) is 12.1. The minimum Gasteiger partial charge on any atom is -0.328 e. The Bertz CT molecular complexity index is 310. The Morgan fingerprint density at radius 1 is 1.54 bits per heavy atom. The Morgan fingerprint density at radius 3 is 2.92 bits per heavy atom. The van der Waals surface area contributed by atoms with Gasteiger partial charge in [0.05, 0.1) is 11.6 Å². The van der Waals surface area contributed by atoms with Gasteiger partial charge in [0, 0.05) is 6.04 Å². The molecule has 1 atom stereocenters. The van der Waals surface area contributed by atoms with Gasteiger partial charge in [-0.15, -0.1) is 0 Å². The Morgan fingerprint density at radius 2 is 2.31 bits per heavy atom. The van der Waals surface area contributed by atoms with E-state index in [4.69, 9.17) is 11.0 Å². The summed E-state index contributed by atoms with van der Waals surface area (Å²) in [7, 11) is 0. The highest BCUT2D eigenvalue weighted by Gasteiger charge is 1.97. The zero-order valence-electron chi connectivity index (χ0n) is 7.83. The van der Waals surface area contributed by atoms with Crippen LogP contribution in [0.2, 0.25) is 0 Å². The molecular formula is C11H14N2. The molecule has 0 bridgehead atoms. The van der Waals surface area contributed by atoms with Crippen LogP contribution in [0.4, 0.5) is 0 Å². The van der Waals surface area contributed by atoms with E-state index in [1.807, 2.05) is 31.2 Å². The highest BCUT2D eigenvalue weighted by Crippen LogP contribution is 2.07. The molecular weight excluding hydrogens is 160 g/mol. The van der Waals surface area contributed by atoms with E-state index in [1.54, 1.807) is 0 Å². The molecule has 1 rings (SSSR count). The summed E-state index contributed by atoms with van der Waals surface area (Å²) in [5, 5.41) is 8.66. The van der Waals surface area contributed by atoms with E-state index in [9.17, 15) is 0 Å². The molecule has 0 amide bonds. The summed E-state index contributed by atoms with van der Waals surface area (Å²) >= 11 is 0. The van der Waals surface area contributed by atoms with Gasteiger partial charge in [0.15, 0.2) is 0 Å². The van der Waals surface area contributed by atoms with Crippen molar-refractivity contribution in [2.75, 3.05) is 0 Å². The molecule has 1 aromatic carbocycles. The Kier molecular flexibility index (Phi) is 3.48. The average Bonchev–Trinajstić information content (AvgIpc) is 2.15. The molecule has 13 heavy (non-hydrogen) atoms. The lowest BCUT2D eigenvalue weighted by Crippen LogP contribution is -2.15. The summed E-state index contributed by atoms with van der Waals surface area (Å²) in [6, 6.07) is 10.0. The van der Waals surface area contributed by atoms with Gasteiger partial charge in [0.2, 0.25) is 0 Å². The van der Waals surface area contributed by atoms with Crippen molar-refractivity contribution in [2.24, 2.45) is 5.73 Å². The van der Waals surface area contributed by atoms with Crippen LogP contribution in [0.15, 0.2) is 24.3 Å². The Hall–Kier alpha value is -1.33. The van der Waals surface area contributed by atoms with Crippen LogP contribution in [0.3, 0.4) is 0 Å². The second-order valence-corrected chi connectivity index (χ2v) is 3.33. The van der Waals surface area contributed by atoms with E-state index < -0.39 is 0 Å². The number of hydrogen-bond acceptors (Lipinski definition) is 2. The summed E-state index contributed by atoms with van der Waals surface area (Å²) < 4.78 is 0. The monoisotopic (exact) mass is 174 g/mol. The van der Waals surface area contributed by atoms with Gasteiger partial charge in [0.1, 0.15) is 0 Å². The molecule has 1 unspecified atom stereocenters. The molecule has 1 aromatic rings. The van der Waals surface area contributed by atoms with Crippen molar-refractivity contribution in [3.63, 3.8) is 0 Å². The van der Waals surface area contributed by atoms with Gasteiger partial charge in [-0.25, -0.2) is 0 Å². The van der Waals surface area contributed by atoms with Gasteiger partial charge >= 0.3 is 0 Å². The predicted octanol–water partition coefficient (Wildman–Crippen LogP) is 1.84. The zero-order chi connectivity index (χ0) is 9.68. The largest absolute Gasteiger partial charge is 0.328 e. The molecule has 0 fully saturated rings. The van der Waals surface area contributed by atoms with Gasteiger partial charge in [-0.3, -0.25) is 0 Å². The number of aryl methyl sites for hydroxylation is 1. The number of nitriles is 1. The highest BCUT2D eigenvalue weighted by atomic mass is 14.6. The van der Waals surface area contributed by atoms with Crippen LogP contribution >= 0.6 is 0 Å². The first-order valence-electron chi connectivity index (χ1n) is 4.47. The maximum atomic E-state index is 8.66. The number of nitrogens with two attached hydrogens (primary N) is 1. The molecule has 0 spiro atoms. The van der Waals surface area contributed by atoms with Crippen LogP contribution < -0.4 is 5.73 Å². The van der Waals surface area contributed by atoms with E-state index in [0.29, 0.717) is 0 Å². The first-order valence-corrected chi connectivity index (χ1v) is 4.47. The molecule has 0 aliphatic heterocycles. The average molecular weight is 174 g/mol. The predicted molar refractivity (Wildman–Crippen MR) is 53.1 cm³/mol. The molecule has 2 N–H and O–H groups in total. The number of nitrogens with zero attached hydrogens (tertiary/aromatic N) is 1. The molecule has 0 aliphatic carbocycles. The molecule has 0 aromatic heterocycles. The lowest BCUT2D eigenvalue weighted by atomic mass is 10.0. The SMILES string of the molecule is CC(N)CCc1cccc(C#N)c1. The lowest BCUT2D eigenvalue weighted by Gasteiger charge is -2.04. The second-order valence-electron chi connectivity index (χ2n) is 3.33. The molecule has 68 valence electrons. The van der Waals surface area contributed by atoms with Crippen LogP contribution in [0.1, 0.15) is 24.5 Å². The molecule has 2 nitrogen and oxygen atoms in total. The van der Waals surface area contributed by atoms with Crippen molar-refractivity contribution in [1.82, 2.24) is 0 Å².